The van der Waals surface area contributed by atoms with Crippen molar-refractivity contribution in [3.63, 3.8) is 0 Å². The second kappa shape index (κ2) is 5.65. The second-order valence-corrected chi connectivity index (χ2v) is 4.59. The Balaban J connectivity index is 0.000000686. The summed E-state index contributed by atoms with van der Waals surface area (Å²) < 4.78 is 9.85. The monoisotopic (exact) mass is 241 g/mol. The van der Waals surface area contributed by atoms with Gasteiger partial charge in [-0.15, -0.1) is 0 Å². The third-order valence-corrected chi connectivity index (χ3v) is 3.39. The van der Waals surface area contributed by atoms with E-state index in [9.17, 15) is 4.79 Å². The average Bonchev–Trinajstić information content (AvgIpc) is 2.25. The standard InChI is InChI=1S/C11H17NO3.C2H6/c1-8(10(13)14-3)9(2)12-4-11(5-12)6-15-7-11;1-2/h9H,1,4-7H2,2-3H3;1-2H3. The highest BCUT2D eigenvalue weighted by Gasteiger charge is 2.50. The van der Waals surface area contributed by atoms with E-state index in [0.717, 1.165) is 26.3 Å². The minimum absolute atomic E-state index is 0.0728. The van der Waals surface area contributed by atoms with Crippen molar-refractivity contribution in [3.05, 3.63) is 12.2 Å². The first-order valence-electron chi connectivity index (χ1n) is 6.17. The zero-order valence-corrected chi connectivity index (χ0v) is 11.3. The van der Waals surface area contributed by atoms with E-state index < -0.39 is 0 Å². The maximum Gasteiger partial charge on any atom is 0.334 e. The molecule has 0 aromatic carbocycles. The molecule has 2 aliphatic rings. The van der Waals surface area contributed by atoms with E-state index in [1.807, 2.05) is 20.8 Å². The lowest BCUT2D eigenvalue weighted by atomic mass is 9.77. The molecule has 0 aromatic heterocycles. The summed E-state index contributed by atoms with van der Waals surface area (Å²) in [5, 5.41) is 0. The fraction of sp³-hybridized carbons (Fsp3) is 0.769. The number of methoxy groups -OCH3 is 1. The smallest absolute Gasteiger partial charge is 0.334 e. The van der Waals surface area contributed by atoms with Crippen molar-refractivity contribution in [3.8, 4) is 0 Å². The van der Waals surface area contributed by atoms with Crippen molar-refractivity contribution < 1.29 is 14.3 Å². The van der Waals surface area contributed by atoms with E-state index in [1.165, 1.54) is 7.11 Å². The van der Waals surface area contributed by atoms with E-state index in [0.29, 0.717) is 11.0 Å². The van der Waals surface area contributed by atoms with Crippen LogP contribution in [0.15, 0.2) is 12.2 Å². The lowest BCUT2D eigenvalue weighted by Crippen LogP contribution is -2.68. The maximum absolute atomic E-state index is 11.3. The predicted octanol–water partition coefficient (Wildman–Crippen LogP) is 1.46. The fourth-order valence-corrected chi connectivity index (χ4v) is 2.18. The van der Waals surface area contributed by atoms with Crippen LogP contribution in [0.5, 0.6) is 0 Å². The molecule has 1 atom stereocenters. The number of rotatable bonds is 3. The Hall–Kier alpha value is -0.870. The molecule has 0 amide bonds. The van der Waals surface area contributed by atoms with Crippen LogP contribution >= 0.6 is 0 Å². The summed E-state index contributed by atoms with van der Waals surface area (Å²) in [5.41, 5.74) is 0.914. The number of likely N-dealkylation sites (tertiary alicyclic amines) is 1. The normalized spacial score (nSPS) is 22.6. The van der Waals surface area contributed by atoms with E-state index in [4.69, 9.17) is 4.74 Å². The minimum atomic E-state index is -0.312. The Morgan fingerprint density at radius 2 is 1.94 bits per heavy atom. The molecule has 0 bridgehead atoms. The van der Waals surface area contributed by atoms with Gasteiger partial charge in [0.2, 0.25) is 0 Å². The van der Waals surface area contributed by atoms with Gasteiger partial charge in [-0.3, -0.25) is 4.90 Å². The number of carbonyl (C=O) groups excluding carboxylic acids is 1. The largest absolute Gasteiger partial charge is 0.466 e. The maximum atomic E-state index is 11.3. The molecule has 98 valence electrons. The number of ether oxygens (including phenoxy) is 2. The SMILES string of the molecule is C=C(C(=O)OC)C(C)N1CC2(COC2)C1.CC. The Bertz CT molecular complexity index is 289. The van der Waals surface area contributed by atoms with Crippen LogP contribution in [0.25, 0.3) is 0 Å². The third-order valence-electron chi connectivity index (χ3n) is 3.39. The molecule has 2 heterocycles. The molecule has 0 saturated carbocycles. The first-order chi connectivity index (χ1) is 8.08. The molecular formula is C13H23NO3. The number of hydrogen-bond donors (Lipinski definition) is 0. The highest BCUT2D eigenvalue weighted by Crippen LogP contribution is 2.39. The van der Waals surface area contributed by atoms with Crippen LogP contribution in [0.1, 0.15) is 20.8 Å². The van der Waals surface area contributed by atoms with Crippen LogP contribution < -0.4 is 0 Å². The number of nitrogens with zero attached hydrogens (tertiary/aromatic N) is 1. The zero-order valence-electron chi connectivity index (χ0n) is 11.3. The molecule has 2 aliphatic heterocycles. The molecule has 0 N–H and O–H groups in total. The zero-order chi connectivity index (χ0) is 13.1. The van der Waals surface area contributed by atoms with Crippen LogP contribution in [0.2, 0.25) is 0 Å². The van der Waals surface area contributed by atoms with Gasteiger partial charge in [0.25, 0.3) is 0 Å². The van der Waals surface area contributed by atoms with E-state index in [2.05, 4.69) is 16.2 Å². The summed E-state index contributed by atoms with van der Waals surface area (Å²) in [7, 11) is 1.39. The van der Waals surface area contributed by atoms with Crippen molar-refractivity contribution in [2.75, 3.05) is 33.4 Å². The molecule has 0 aromatic rings. The molecule has 1 spiro atoms. The van der Waals surface area contributed by atoms with Gasteiger partial charge in [0.05, 0.1) is 20.3 Å². The Labute approximate surface area is 104 Å². The quantitative estimate of drug-likeness (QED) is 0.554. The Morgan fingerprint density at radius 3 is 2.29 bits per heavy atom. The van der Waals surface area contributed by atoms with Crippen LogP contribution in [0.3, 0.4) is 0 Å². The summed E-state index contributed by atoms with van der Waals surface area (Å²) in [6.07, 6.45) is 0. The summed E-state index contributed by atoms with van der Waals surface area (Å²) >= 11 is 0. The molecule has 17 heavy (non-hydrogen) atoms. The van der Waals surface area contributed by atoms with E-state index in [1.54, 1.807) is 0 Å². The summed E-state index contributed by atoms with van der Waals surface area (Å²) in [6.45, 7) is 13.5. The average molecular weight is 241 g/mol. The molecule has 2 rings (SSSR count). The van der Waals surface area contributed by atoms with Gasteiger partial charge in [-0.2, -0.15) is 0 Å². The number of carbonyl (C=O) groups is 1. The molecule has 2 fully saturated rings. The van der Waals surface area contributed by atoms with Gasteiger partial charge in [-0.1, -0.05) is 20.4 Å². The molecule has 4 heteroatoms. The molecule has 0 aliphatic carbocycles. The van der Waals surface area contributed by atoms with Gasteiger partial charge in [0, 0.05) is 30.1 Å². The summed E-state index contributed by atoms with van der Waals surface area (Å²) in [4.78, 5) is 13.5. The van der Waals surface area contributed by atoms with Gasteiger partial charge < -0.3 is 9.47 Å². The molecule has 4 nitrogen and oxygen atoms in total. The van der Waals surface area contributed by atoms with Crippen molar-refractivity contribution in [2.45, 2.75) is 26.8 Å². The highest BCUT2D eigenvalue weighted by molar-refractivity contribution is 5.88. The Morgan fingerprint density at radius 1 is 1.41 bits per heavy atom. The Kier molecular flexibility index (Phi) is 4.71. The second-order valence-electron chi connectivity index (χ2n) is 4.59. The van der Waals surface area contributed by atoms with Crippen molar-refractivity contribution >= 4 is 5.97 Å². The van der Waals surface area contributed by atoms with Crippen LogP contribution in [0, 0.1) is 5.41 Å². The van der Waals surface area contributed by atoms with E-state index >= 15 is 0 Å². The first-order valence-corrected chi connectivity index (χ1v) is 6.17. The van der Waals surface area contributed by atoms with Gasteiger partial charge in [-0.05, 0) is 6.92 Å². The first kappa shape index (κ1) is 14.2. The number of hydrogen-bond acceptors (Lipinski definition) is 4. The van der Waals surface area contributed by atoms with Crippen LogP contribution in [-0.4, -0.2) is 50.3 Å². The third kappa shape index (κ3) is 2.69. The molecule has 0 radical (unpaired) electrons. The molecule has 2 saturated heterocycles. The fourth-order valence-electron chi connectivity index (χ4n) is 2.18. The topological polar surface area (TPSA) is 38.8 Å². The van der Waals surface area contributed by atoms with Gasteiger partial charge >= 0.3 is 5.97 Å². The predicted molar refractivity (Wildman–Crippen MR) is 66.8 cm³/mol. The van der Waals surface area contributed by atoms with Crippen molar-refractivity contribution in [2.24, 2.45) is 5.41 Å². The van der Waals surface area contributed by atoms with Gasteiger partial charge in [0.15, 0.2) is 0 Å². The van der Waals surface area contributed by atoms with Gasteiger partial charge in [0.1, 0.15) is 0 Å². The minimum Gasteiger partial charge on any atom is -0.466 e. The molecule has 1 unspecified atom stereocenters. The van der Waals surface area contributed by atoms with Crippen molar-refractivity contribution in [1.29, 1.82) is 0 Å². The van der Waals surface area contributed by atoms with E-state index in [-0.39, 0.29) is 12.0 Å². The summed E-state index contributed by atoms with van der Waals surface area (Å²) in [6, 6.07) is 0.0728. The summed E-state index contributed by atoms with van der Waals surface area (Å²) in [5.74, 6) is -0.312. The lowest BCUT2D eigenvalue weighted by molar-refractivity contribution is -0.194. The van der Waals surface area contributed by atoms with Crippen LogP contribution in [0.4, 0.5) is 0 Å². The molecular weight excluding hydrogens is 218 g/mol. The van der Waals surface area contributed by atoms with Crippen LogP contribution in [-0.2, 0) is 14.3 Å². The van der Waals surface area contributed by atoms with Crippen molar-refractivity contribution in [1.82, 2.24) is 4.90 Å². The number of esters is 1. The lowest BCUT2D eigenvalue weighted by Gasteiger charge is -2.57. The highest BCUT2D eigenvalue weighted by atomic mass is 16.5. The van der Waals surface area contributed by atoms with Gasteiger partial charge in [-0.25, -0.2) is 4.79 Å².